The van der Waals surface area contributed by atoms with Gasteiger partial charge < -0.3 is 39.0 Å². The molecule has 8 heterocycles. The lowest BCUT2D eigenvalue weighted by molar-refractivity contribution is -0.116. The molecule has 143 heavy (non-hydrogen) atoms. The summed E-state index contributed by atoms with van der Waals surface area (Å²) < 4.78 is 218. The molecule has 4 aromatic heterocycles. The number of anilines is 2. The number of benzene rings is 6. The number of allylic oxidation sites excluding steroid dienone is 2. The van der Waals surface area contributed by atoms with Crippen LogP contribution in [0, 0.1) is 16.7 Å². The monoisotopic (exact) mass is 2120 g/mol. The number of rotatable bonds is 28. The van der Waals surface area contributed by atoms with Crippen LogP contribution >= 0.6 is 23.2 Å². The number of aryl methyl sites for hydroxylation is 1. The van der Waals surface area contributed by atoms with Gasteiger partial charge in [-0.15, -0.1) is 18.8 Å². The Morgan fingerprint density at radius 1 is 0.503 bits per heavy atom. The highest BCUT2D eigenvalue weighted by atomic mass is 35.5. The van der Waals surface area contributed by atoms with Crippen molar-refractivity contribution in [3.05, 3.63) is 225 Å². The first-order chi connectivity index (χ1) is 67.3. The van der Waals surface area contributed by atoms with Gasteiger partial charge in [0.25, 0.3) is 51.5 Å². The molecule has 16 rings (SSSR count). The highest BCUT2D eigenvalue weighted by Gasteiger charge is 2.50. The number of ether oxygens (including phenoxy) is 2. The Hall–Kier alpha value is -10.5. The molecule has 4 N–H and O–H groups in total. The Kier molecular flexibility index (Phi) is 32.3. The largest absolute Gasteiger partial charge is 0.501 e. The van der Waals surface area contributed by atoms with Gasteiger partial charge in [-0.2, -0.15) is 35.1 Å². The molecule has 0 unspecified atom stereocenters. The lowest BCUT2D eigenvalue weighted by Gasteiger charge is -2.39. The van der Waals surface area contributed by atoms with Crippen LogP contribution in [-0.4, -0.2) is 247 Å². The normalized spacial score (nSPS) is 18.3. The molecule has 2 aliphatic carbocycles. The van der Waals surface area contributed by atoms with Gasteiger partial charge >= 0.3 is 11.0 Å². The molecule has 1 atom stereocenters. The molecule has 4 aliphatic heterocycles. The van der Waals surface area contributed by atoms with Crippen molar-refractivity contribution in [2.45, 2.75) is 137 Å². The molecule has 4 amide bonds. The molecule has 0 saturated carbocycles. The summed E-state index contributed by atoms with van der Waals surface area (Å²) in [7, 11) is -25.5. The summed E-state index contributed by atoms with van der Waals surface area (Å²) in [4.78, 5) is 75.2. The zero-order valence-electron chi connectivity index (χ0n) is 80.3. The first-order valence-electron chi connectivity index (χ1n) is 46.9. The van der Waals surface area contributed by atoms with Gasteiger partial charge in [-0.1, -0.05) is 117 Å². The maximum atomic E-state index is 14.2. The minimum absolute atomic E-state index is 0.0168. The highest BCUT2D eigenvalue weighted by molar-refractivity contribution is 8.03. The van der Waals surface area contributed by atoms with E-state index in [2.05, 4.69) is 117 Å². The summed E-state index contributed by atoms with van der Waals surface area (Å²) in [6, 6.07) is 37.4. The van der Waals surface area contributed by atoms with Crippen LogP contribution in [0.25, 0.3) is 33.2 Å². The van der Waals surface area contributed by atoms with Gasteiger partial charge in [0.05, 0.1) is 43.1 Å². The van der Waals surface area contributed by atoms with Crippen LogP contribution in [0.3, 0.4) is 0 Å². The number of amides is 4. The Bertz CT molecular complexity index is 7340. The van der Waals surface area contributed by atoms with Crippen LogP contribution in [0.2, 0.25) is 10.0 Å². The minimum atomic E-state index is -6.06. The lowest BCUT2D eigenvalue weighted by atomic mass is 9.72. The number of carbonyl (C=O) groups is 4. The first kappa shape index (κ1) is 107. The number of aromatic amines is 2. The molecule has 0 bridgehead atoms. The molecule has 0 radical (unpaired) electrons. The number of halogens is 8. The van der Waals surface area contributed by atoms with E-state index in [9.17, 15) is 79.2 Å². The number of alkyl halides is 6. The van der Waals surface area contributed by atoms with Gasteiger partial charge in [0, 0.05) is 192 Å². The summed E-state index contributed by atoms with van der Waals surface area (Å²) in [5, 5.41) is 2.81. The minimum Gasteiger partial charge on any atom is -0.455 e. The first-order valence-corrected chi connectivity index (χ1v) is 57.8. The van der Waals surface area contributed by atoms with Crippen LogP contribution in [0.5, 0.6) is 23.0 Å². The average Bonchev–Trinajstić information content (AvgIpc) is 1.55. The third-order valence-electron chi connectivity index (χ3n) is 26.9. The number of carbonyl (C=O) groups excluding carboxylic acids is 4. The number of piperazine rings is 2. The number of hydrogen-bond acceptors (Lipinski definition) is 22. The van der Waals surface area contributed by atoms with Crippen molar-refractivity contribution in [1.29, 1.82) is 0 Å². The molecule has 0 spiro atoms. The van der Waals surface area contributed by atoms with Gasteiger partial charge in [0.2, 0.25) is 11.8 Å². The van der Waals surface area contributed by atoms with E-state index < -0.39 is 101 Å². The van der Waals surface area contributed by atoms with Gasteiger partial charge in [0.1, 0.15) is 34.3 Å². The highest BCUT2D eigenvalue weighted by Crippen LogP contribution is 2.47. The van der Waals surface area contributed by atoms with Gasteiger partial charge in [-0.3, -0.25) is 29.0 Å². The quantitative estimate of drug-likeness (QED) is 0.0261. The zero-order valence-corrected chi connectivity index (χ0v) is 86.7. The maximum absolute atomic E-state index is 14.2. The molecule has 4 fully saturated rings. The van der Waals surface area contributed by atoms with E-state index in [1.807, 2.05) is 38.6 Å². The summed E-state index contributed by atoms with van der Waals surface area (Å²) in [6.45, 7) is 23.8. The second-order valence-electron chi connectivity index (χ2n) is 39.0. The number of fused-ring (bicyclic) bond motifs is 2. The molecule has 10 aromatic rings. The van der Waals surface area contributed by atoms with E-state index in [0.717, 1.165) is 102 Å². The van der Waals surface area contributed by atoms with E-state index in [1.54, 1.807) is 67.8 Å². The third-order valence-corrected chi connectivity index (χ3v) is 38.2. The van der Waals surface area contributed by atoms with Crippen LogP contribution in [0.1, 0.15) is 136 Å². The van der Waals surface area contributed by atoms with Crippen molar-refractivity contribution in [2.75, 3.05) is 138 Å². The predicted molar refractivity (Wildman–Crippen MR) is 552 cm³/mol. The molecule has 6 aliphatic rings. The van der Waals surface area contributed by atoms with Crippen molar-refractivity contribution >= 4 is 162 Å². The molecule has 6 aromatic carbocycles. The fourth-order valence-corrected chi connectivity index (χ4v) is 27.8. The van der Waals surface area contributed by atoms with E-state index in [4.69, 9.17) is 32.7 Å². The smallest absolute Gasteiger partial charge is 0.455 e. The fraction of sp³-hybridized carbons (Fsp3) is 0.406. The SMILES string of the molecule is C=S1(=NC(C)=O)CCN(CCCc2ccc(S(=O)(=O)NC(=O)c3ccc(N4CCN(CC5=C(c6ccc(Cl)cc6)CC(C)(C)CC5)CC4)cc3Oc3cnc4[nH]ccc4c3)cc2S(=O)(=O)C(F)(F)F)CC1.C=S1(=NC(C)=O)CCN(C[C@H](C)Cc2ccc(S(=O)(=O)NC(=O)c3ccc(N4CCN(CC5=C(c6ccc(Cl)cc6)CC(C)(C)CC5)CC4)cc3Oc3cnc4[nH]ccc4c3)cc2S(=O)(=O)C(F)(F)F)CC1. The van der Waals surface area contributed by atoms with Crippen molar-refractivity contribution < 1.29 is 88.7 Å². The summed E-state index contributed by atoms with van der Waals surface area (Å²) in [6.07, 6.45) is 12.4. The Balaban J connectivity index is 0.000000215. The number of pyridine rings is 2. The van der Waals surface area contributed by atoms with Gasteiger partial charge in [-0.05, 0) is 212 Å². The molecule has 28 nitrogen and oxygen atoms in total. The topological polar surface area (TPSA) is 349 Å². The van der Waals surface area contributed by atoms with Crippen molar-refractivity contribution in [3.63, 3.8) is 0 Å². The van der Waals surface area contributed by atoms with E-state index in [-0.39, 0.29) is 93.1 Å². The second-order valence-corrected chi connectivity index (χ2v) is 53.1. The summed E-state index contributed by atoms with van der Waals surface area (Å²) in [5.74, 6) is 7.73. The van der Waals surface area contributed by atoms with Crippen LogP contribution in [-0.2, 0) is 81.0 Å². The number of H-pyrrole nitrogens is 2. The van der Waals surface area contributed by atoms with Crippen LogP contribution in [0.15, 0.2) is 210 Å². The summed E-state index contributed by atoms with van der Waals surface area (Å²) in [5.41, 5.74) is -1.52. The van der Waals surface area contributed by atoms with E-state index in [1.165, 1.54) is 71.8 Å². The van der Waals surface area contributed by atoms with E-state index in [0.29, 0.717) is 144 Å². The average molecular weight is 2130 g/mol. The number of hydrogen-bond donors (Lipinski definition) is 4. The van der Waals surface area contributed by atoms with E-state index >= 15 is 0 Å². The third kappa shape index (κ3) is 26.3. The van der Waals surface area contributed by atoms with Crippen molar-refractivity contribution in [3.8, 4) is 23.0 Å². The number of aromatic nitrogens is 4. The Labute approximate surface area is 841 Å². The second kappa shape index (κ2) is 43.3. The standard InChI is InChI=1S/C51H59ClF3N7O7S3.C50H57ClF3N7O7S3/c1-34(32-61-22-24-70(5,25-23-61)58-35(2)63)26-37-8-12-43(29-47(37)71(65,66)51(53,54)55)72(67,68)59-49(64)44-13-11-41(28-46(44)69-42-27-38-15-17-56-48(38)57-31-42)62-20-18-60(19-21-62)33-39-14-16-50(3,4)30-45(39)36-6-9-40(52)10-7-36;1-34(62)57-69(4)26-24-59(25-27-69)19-5-6-36-9-13-42(30-46(36)70(64,65)50(52,53)54)71(66,67)58-48(63)43-14-12-40(29-45(43)68-41-28-37-16-18-55-47(37)56-32-41)61-22-20-60(21-23-61)33-38-15-17-49(2,3)31-44(38)35-7-10-39(51)11-8-35/h6-13,15,17,27-29,31,34H,5,14,16,18-26,30,32-33H2,1-4H3,(H,56,57)(H,59,64);7-14,16,18,28-30,32H,4-6,15,17,19-27,31,33H2,1-3H3,(H,55,56)(H,58,63)/t34-;/m1./s1. The van der Waals surface area contributed by atoms with Crippen LogP contribution in [0.4, 0.5) is 37.7 Å². The lowest BCUT2D eigenvalue weighted by Crippen LogP contribution is -2.47. The predicted octanol–water partition coefficient (Wildman–Crippen LogP) is 17.8. The number of nitrogens with zero attached hydrogens (tertiary/aromatic N) is 10. The molecule has 42 heteroatoms. The maximum Gasteiger partial charge on any atom is 0.501 e. The Morgan fingerprint density at radius 3 is 1.29 bits per heavy atom. The number of sulfonamides is 2. The van der Waals surface area contributed by atoms with Crippen molar-refractivity contribution in [1.82, 2.24) is 49.0 Å². The molecule has 4 saturated heterocycles. The van der Waals surface area contributed by atoms with Crippen LogP contribution < -0.4 is 28.7 Å². The Morgan fingerprint density at radius 2 is 0.895 bits per heavy atom. The summed E-state index contributed by atoms with van der Waals surface area (Å²) >= 11 is 12.5. The number of nitrogens with one attached hydrogen (secondary N) is 4. The molecular weight excluding hydrogens is 2010 g/mol. The fourth-order valence-electron chi connectivity index (χ4n) is 19.1. The zero-order chi connectivity index (χ0) is 103. The van der Waals surface area contributed by atoms with Gasteiger partial charge in [-0.25, -0.2) is 53.1 Å². The van der Waals surface area contributed by atoms with Crippen molar-refractivity contribution in [2.24, 2.45) is 25.5 Å². The van der Waals surface area contributed by atoms with Gasteiger partial charge in [0.15, 0.2) is 0 Å². The molecule has 766 valence electrons. The number of sulfone groups is 2. The molecular formula is C101H116Cl2F6N14O14S6.